The maximum absolute atomic E-state index is 15.5. The van der Waals surface area contributed by atoms with Crippen LogP contribution in [0.1, 0.15) is 73.4 Å². The van der Waals surface area contributed by atoms with Crippen LogP contribution in [0, 0.1) is 0 Å². The van der Waals surface area contributed by atoms with Crippen molar-refractivity contribution in [3.05, 3.63) is 123 Å². The zero-order valence-corrected chi connectivity index (χ0v) is 40.2. The number of hydrogen-bond donors (Lipinski definition) is 1. The summed E-state index contributed by atoms with van der Waals surface area (Å²) >= 11 is 0. The molecule has 0 saturated carbocycles. The summed E-state index contributed by atoms with van der Waals surface area (Å²) in [6, 6.07) is 24.2. The van der Waals surface area contributed by atoms with Crippen LogP contribution in [-0.4, -0.2) is 133 Å². The topological polar surface area (TPSA) is 187 Å². The number of methoxy groups -OCH3 is 1. The van der Waals surface area contributed by atoms with Gasteiger partial charge in [0.05, 0.1) is 51.8 Å². The minimum Gasteiger partial charge on any atom is -0.422 e. The number of fused-ring (bicyclic) bond motifs is 7. The number of nitrogens with one attached hydrogen (secondary N) is 1. The van der Waals surface area contributed by atoms with E-state index in [1.807, 2.05) is 0 Å². The monoisotopic (exact) mass is 973 g/mol. The van der Waals surface area contributed by atoms with Gasteiger partial charge in [0, 0.05) is 102 Å². The summed E-state index contributed by atoms with van der Waals surface area (Å²) in [6.45, 7) is 6.59. The van der Waals surface area contributed by atoms with E-state index in [0.29, 0.717) is 66.9 Å². The third-order valence-electron chi connectivity index (χ3n) is 13.8. The number of imide groups is 1. The lowest BCUT2D eigenvalue weighted by Crippen LogP contribution is -2.49. The first-order valence-corrected chi connectivity index (χ1v) is 26.0. The molecule has 366 valence electrons. The first-order chi connectivity index (χ1) is 33.9. The summed E-state index contributed by atoms with van der Waals surface area (Å²) in [7, 11) is -0.171. The van der Waals surface area contributed by atoms with Crippen LogP contribution in [0.15, 0.2) is 97.9 Å². The Kier molecular flexibility index (Phi) is 13.0. The Hall–Kier alpha value is -6.57. The second kappa shape index (κ2) is 19.3. The van der Waals surface area contributed by atoms with E-state index in [2.05, 4.69) is 64.0 Å². The molecule has 0 unspecified atom stereocenters. The van der Waals surface area contributed by atoms with Gasteiger partial charge in [0.25, 0.3) is 23.6 Å². The van der Waals surface area contributed by atoms with Gasteiger partial charge in [-0.3, -0.25) is 24.1 Å². The first kappa shape index (κ1) is 47.1. The molecule has 0 aliphatic carbocycles. The molecule has 18 heteroatoms. The molecule has 10 rings (SSSR count). The van der Waals surface area contributed by atoms with Crippen LogP contribution in [0.2, 0.25) is 0 Å². The number of anilines is 3. The molecule has 4 aromatic carbocycles. The summed E-state index contributed by atoms with van der Waals surface area (Å²) < 4.78 is 27.3. The smallest absolute Gasteiger partial charge is 0.363 e. The normalized spacial score (nSPS) is 17.8. The van der Waals surface area contributed by atoms with Crippen molar-refractivity contribution in [1.29, 1.82) is 0 Å². The van der Waals surface area contributed by atoms with Crippen molar-refractivity contribution in [2.45, 2.75) is 41.0 Å². The second-order valence-electron chi connectivity index (χ2n) is 18.2. The van der Waals surface area contributed by atoms with E-state index in [4.69, 9.17) is 28.2 Å². The van der Waals surface area contributed by atoms with Crippen LogP contribution in [0.25, 0.3) is 11.0 Å². The molecule has 3 saturated heterocycles. The number of hydroxylamine groups is 2. The SMILES string of the molecule is COCCOCCOCCOCCNC(=O)c1cc2ccc(N3C(=O)c4ccc(C(=O)ON5C(=O)CCC5=O)cc4C34c3ccc(N5CCC5)cc3S(C)(C)c3cc(N5CCC5)ccc34)cc2oc1=O. The van der Waals surface area contributed by atoms with Crippen molar-refractivity contribution >= 4 is 67.7 Å². The average molecular weight is 974 g/mol. The molecule has 5 aromatic rings. The number of carbonyl (C=O) groups is 5. The summed E-state index contributed by atoms with van der Waals surface area (Å²) in [5, 5.41) is 3.69. The Balaban J connectivity index is 1.02. The van der Waals surface area contributed by atoms with Crippen molar-refractivity contribution in [2.24, 2.45) is 0 Å². The summed E-state index contributed by atoms with van der Waals surface area (Å²) in [6.07, 6.45) is 6.62. The Morgan fingerprint density at radius 1 is 0.671 bits per heavy atom. The average Bonchev–Trinajstić information content (AvgIpc) is 3.77. The van der Waals surface area contributed by atoms with E-state index >= 15 is 4.79 Å². The number of benzene rings is 4. The highest BCUT2D eigenvalue weighted by atomic mass is 32.3. The van der Waals surface area contributed by atoms with Crippen LogP contribution in [0.4, 0.5) is 17.1 Å². The van der Waals surface area contributed by atoms with Gasteiger partial charge in [0.15, 0.2) is 0 Å². The van der Waals surface area contributed by atoms with Gasteiger partial charge >= 0.3 is 11.6 Å². The summed E-state index contributed by atoms with van der Waals surface area (Å²) in [5.41, 5.74) is 2.83. The van der Waals surface area contributed by atoms with Crippen LogP contribution >= 0.6 is 10.0 Å². The largest absolute Gasteiger partial charge is 0.422 e. The molecular formula is C52H55N5O12S. The molecule has 0 radical (unpaired) electrons. The molecule has 1 spiro atoms. The minimum absolute atomic E-state index is 0.0430. The highest BCUT2D eigenvalue weighted by Gasteiger charge is 2.58. The first-order valence-electron chi connectivity index (χ1n) is 23.6. The molecule has 5 aliphatic rings. The van der Waals surface area contributed by atoms with Gasteiger partial charge in [-0.15, -0.1) is 5.06 Å². The van der Waals surface area contributed by atoms with Gasteiger partial charge in [0.2, 0.25) is 0 Å². The quantitative estimate of drug-likeness (QED) is 0.0649. The second-order valence-corrected chi connectivity index (χ2v) is 21.7. The maximum atomic E-state index is 15.5. The van der Waals surface area contributed by atoms with E-state index in [0.717, 1.165) is 71.3 Å². The Bertz CT molecular complexity index is 2900. The molecule has 5 aliphatic heterocycles. The van der Waals surface area contributed by atoms with Crippen molar-refractivity contribution in [3.8, 4) is 0 Å². The summed E-state index contributed by atoms with van der Waals surface area (Å²) in [4.78, 5) is 95.5. The van der Waals surface area contributed by atoms with Crippen LogP contribution < -0.4 is 25.6 Å². The third-order valence-corrected chi connectivity index (χ3v) is 16.7. The Morgan fingerprint density at radius 2 is 1.26 bits per heavy atom. The van der Waals surface area contributed by atoms with Crippen LogP contribution in [-0.2, 0) is 38.9 Å². The molecule has 4 amide bonds. The van der Waals surface area contributed by atoms with E-state index in [1.54, 1.807) is 42.3 Å². The number of nitrogens with zero attached hydrogens (tertiary/aromatic N) is 4. The molecule has 0 bridgehead atoms. The molecule has 0 atom stereocenters. The van der Waals surface area contributed by atoms with Gasteiger partial charge in [-0.2, -0.15) is 10.0 Å². The number of carbonyl (C=O) groups excluding carboxylic acids is 5. The molecule has 6 heterocycles. The highest BCUT2D eigenvalue weighted by Crippen LogP contribution is 2.70. The molecule has 70 heavy (non-hydrogen) atoms. The third kappa shape index (κ3) is 8.30. The minimum atomic E-state index is -1.78. The van der Waals surface area contributed by atoms with Crippen molar-refractivity contribution in [2.75, 3.05) is 113 Å². The van der Waals surface area contributed by atoms with E-state index < -0.39 is 44.9 Å². The molecule has 1 aromatic heterocycles. The maximum Gasteiger partial charge on any atom is 0.363 e. The standard InChI is InChI=1S/C52H55N5O12S/c1-64-22-23-66-26-27-67-25-24-65-21-16-53-48(60)39-28-33-6-8-37(30-43(33)68-51(39)63)56-49(61)38-11-7-34(50(62)69-57-46(58)14-15-47(57)59)29-42(38)52(56)40-12-9-35(54-17-4-18-54)31-44(40)70(2,3)45-32-36(10-13-41(45)52)55-19-5-20-55/h6-13,28-32H,4-5,14-27H2,1-3H3,(H,53,60). The Morgan fingerprint density at radius 3 is 1.84 bits per heavy atom. The van der Waals surface area contributed by atoms with Gasteiger partial charge in [-0.1, -0.05) is 12.1 Å². The molecular weight excluding hydrogens is 919 g/mol. The van der Waals surface area contributed by atoms with Crippen molar-refractivity contribution in [1.82, 2.24) is 10.4 Å². The number of hydrogen-bond acceptors (Lipinski definition) is 14. The molecule has 17 nitrogen and oxygen atoms in total. The fourth-order valence-corrected chi connectivity index (χ4v) is 12.5. The predicted octanol–water partition coefficient (Wildman–Crippen LogP) is 5.61. The van der Waals surface area contributed by atoms with Crippen LogP contribution in [0.3, 0.4) is 0 Å². The zero-order valence-electron chi connectivity index (χ0n) is 39.4. The van der Waals surface area contributed by atoms with E-state index in [1.165, 1.54) is 12.1 Å². The van der Waals surface area contributed by atoms with E-state index in [-0.39, 0.29) is 48.6 Å². The van der Waals surface area contributed by atoms with Gasteiger partial charge < -0.3 is 43.3 Å². The van der Waals surface area contributed by atoms with Gasteiger partial charge in [-0.25, -0.2) is 9.59 Å². The number of amides is 4. The lowest BCUT2D eigenvalue weighted by atomic mass is 9.75. The molecule has 3 fully saturated rings. The number of rotatable bonds is 18. The lowest BCUT2D eigenvalue weighted by Gasteiger charge is -2.52. The highest BCUT2D eigenvalue weighted by molar-refractivity contribution is 8.32. The van der Waals surface area contributed by atoms with E-state index in [9.17, 15) is 24.0 Å². The predicted molar refractivity (Wildman–Crippen MR) is 261 cm³/mol. The van der Waals surface area contributed by atoms with Gasteiger partial charge in [-0.05, 0) is 97.1 Å². The van der Waals surface area contributed by atoms with Gasteiger partial charge in [0.1, 0.15) is 16.7 Å². The molecule has 1 N–H and O–H groups in total. The van der Waals surface area contributed by atoms with Crippen molar-refractivity contribution in [3.63, 3.8) is 0 Å². The van der Waals surface area contributed by atoms with Crippen LogP contribution in [0.5, 0.6) is 0 Å². The van der Waals surface area contributed by atoms with Crippen molar-refractivity contribution < 1.29 is 52.2 Å². The summed E-state index contributed by atoms with van der Waals surface area (Å²) in [5.74, 6) is -3.13. The Labute approximate surface area is 405 Å². The zero-order chi connectivity index (χ0) is 48.7. The number of ether oxygens (including phenoxy) is 4. The lowest BCUT2D eigenvalue weighted by molar-refractivity contribution is -0.172. The fourth-order valence-electron chi connectivity index (χ4n) is 9.87. The fraction of sp³-hybridized carbons (Fsp3) is 0.385.